The molecule has 0 radical (unpaired) electrons. The van der Waals surface area contributed by atoms with E-state index in [9.17, 15) is 4.39 Å². The van der Waals surface area contributed by atoms with Crippen molar-refractivity contribution in [3.63, 3.8) is 0 Å². The lowest BCUT2D eigenvalue weighted by Gasteiger charge is -2.32. The number of rotatable bonds is 3. The van der Waals surface area contributed by atoms with Gasteiger partial charge < -0.3 is 4.98 Å². The largest absolute Gasteiger partial charge is 0.341 e. The monoisotopic (exact) mass is 360 g/mol. The Hall–Kier alpha value is -2.79. The van der Waals surface area contributed by atoms with Crippen molar-refractivity contribution in [1.82, 2.24) is 19.9 Å². The Labute approximate surface area is 157 Å². The van der Waals surface area contributed by atoms with Gasteiger partial charge >= 0.3 is 0 Å². The van der Waals surface area contributed by atoms with Gasteiger partial charge in [-0.25, -0.2) is 9.37 Å². The summed E-state index contributed by atoms with van der Waals surface area (Å²) in [6.45, 7) is 2.87. The van der Waals surface area contributed by atoms with Crippen LogP contribution in [-0.4, -0.2) is 32.9 Å². The number of H-pyrrole nitrogens is 1. The first-order chi connectivity index (χ1) is 13.3. The molecule has 1 fully saturated rings. The summed E-state index contributed by atoms with van der Waals surface area (Å²) >= 11 is 0. The fraction of sp³-hybridized carbons (Fsp3) is 0.273. The third-order valence-corrected chi connectivity index (χ3v) is 5.58. The molecule has 1 aliphatic rings. The Kier molecular flexibility index (Phi) is 4.09. The zero-order valence-electron chi connectivity index (χ0n) is 15.0. The van der Waals surface area contributed by atoms with E-state index in [1.54, 1.807) is 12.1 Å². The average molecular weight is 360 g/mol. The van der Waals surface area contributed by atoms with Crippen molar-refractivity contribution in [1.29, 1.82) is 0 Å². The summed E-state index contributed by atoms with van der Waals surface area (Å²) in [5.74, 6) is 1.27. The predicted molar refractivity (Wildman–Crippen MR) is 105 cm³/mol. The number of nitrogens with one attached hydrogen (secondary N) is 1. The molecule has 4 aromatic rings. The number of pyridine rings is 1. The summed E-state index contributed by atoms with van der Waals surface area (Å²) in [6, 6.07) is 15.1. The molecule has 1 N–H and O–H groups in total. The maximum atomic E-state index is 13.7. The first-order valence-electron chi connectivity index (χ1n) is 9.46. The molecule has 0 unspecified atom stereocenters. The van der Waals surface area contributed by atoms with E-state index < -0.39 is 0 Å². The second-order valence-corrected chi connectivity index (χ2v) is 7.31. The van der Waals surface area contributed by atoms with Crippen LogP contribution in [0, 0.1) is 5.82 Å². The van der Waals surface area contributed by atoms with Gasteiger partial charge in [-0.3, -0.25) is 9.88 Å². The summed E-state index contributed by atoms with van der Waals surface area (Å²) < 4.78 is 13.7. The summed E-state index contributed by atoms with van der Waals surface area (Å²) in [4.78, 5) is 14.9. The molecule has 0 spiro atoms. The molecule has 27 heavy (non-hydrogen) atoms. The van der Waals surface area contributed by atoms with Gasteiger partial charge in [0.2, 0.25) is 0 Å². The number of hydrogen-bond donors (Lipinski definition) is 1. The lowest BCUT2D eigenvalue weighted by molar-refractivity contribution is 0.201. The molecule has 4 nitrogen and oxygen atoms in total. The number of hydrogen-bond acceptors (Lipinski definition) is 3. The molecule has 0 bridgehead atoms. The summed E-state index contributed by atoms with van der Waals surface area (Å²) in [5.41, 5.74) is 4.21. The van der Waals surface area contributed by atoms with E-state index in [-0.39, 0.29) is 5.82 Å². The number of aromatic amines is 1. The molecule has 2 aromatic carbocycles. The van der Waals surface area contributed by atoms with Crippen LogP contribution in [0.2, 0.25) is 0 Å². The highest BCUT2D eigenvalue weighted by Gasteiger charge is 2.23. The minimum absolute atomic E-state index is 0.195. The normalized spacial score (nSPS) is 16.3. The van der Waals surface area contributed by atoms with Gasteiger partial charge in [-0.1, -0.05) is 12.1 Å². The maximum Gasteiger partial charge on any atom is 0.123 e. The quantitative estimate of drug-likeness (QED) is 0.579. The minimum Gasteiger partial charge on any atom is -0.341 e. The highest BCUT2D eigenvalue weighted by molar-refractivity contribution is 5.82. The number of imidazole rings is 1. The number of fused-ring (bicyclic) bond motifs is 2. The van der Waals surface area contributed by atoms with Crippen LogP contribution in [0.1, 0.15) is 30.1 Å². The number of halogens is 1. The molecule has 0 atom stereocenters. The molecule has 0 saturated carbocycles. The van der Waals surface area contributed by atoms with Gasteiger partial charge in [-0.05, 0) is 73.8 Å². The van der Waals surface area contributed by atoms with Crippen molar-refractivity contribution in [3.05, 3.63) is 71.9 Å². The lowest BCUT2D eigenvalue weighted by atomic mass is 9.87. The molecule has 5 rings (SSSR count). The fourth-order valence-corrected chi connectivity index (χ4v) is 4.19. The Balaban J connectivity index is 1.31. The first kappa shape index (κ1) is 16.4. The fourth-order valence-electron chi connectivity index (χ4n) is 4.19. The van der Waals surface area contributed by atoms with Crippen molar-refractivity contribution in [2.75, 3.05) is 13.1 Å². The van der Waals surface area contributed by atoms with Gasteiger partial charge in [-0.15, -0.1) is 0 Å². The summed E-state index contributed by atoms with van der Waals surface area (Å²) in [5, 5.41) is 0.952. The SMILES string of the molecule is Fc1ccc2nccc(C3CCN(Cc4nc5ccccc5[nH]4)CC3)c2c1. The summed E-state index contributed by atoms with van der Waals surface area (Å²) in [7, 11) is 0. The van der Waals surface area contributed by atoms with Crippen LogP contribution in [0.25, 0.3) is 21.9 Å². The van der Waals surface area contributed by atoms with E-state index in [0.29, 0.717) is 5.92 Å². The van der Waals surface area contributed by atoms with Crippen molar-refractivity contribution in [2.24, 2.45) is 0 Å². The number of nitrogens with zero attached hydrogens (tertiary/aromatic N) is 3. The van der Waals surface area contributed by atoms with Gasteiger partial charge in [0.25, 0.3) is 0 Å². The molecule has 1 saturated heterocycles. The van der Waals surface area contributed by atoms with Gasteiger partial charge in [0, 0.05) is 11.6 Å². The van der Waals surface area contributed by atoms with Crippen LogP contribution in [0.4, 0.5) is 4.39 Å². The van der Waals surface area contributed by atoms with Crippen LogP contribution in [0.15, 0.2) is 54.7 Å². The zero-order valence-corrected chi connectivity index (χ0v) is 15.0. The number of likely N-dealkylation sites (tertiary alicyclic amines) is 1. The van der Waals surface area contributed by atoms with Crippen LogP contribution >= 0.6 is 0 Å². The van der Waals surface area contributed by atoms with Crippen LogP contribution in [0.3, 0.4) is 0 Å². The maximum absolute atomic E-state index is 13.7. The summed E-state index contributed by atoms with van der Waals surface area (Å²) in [6.07, 6.45) is 3.97. The van der Waals surface area contributed by atoms with E-state index in [1.807, 2.05) is 24.4 Å². The molecular weight excluding hydrogens is 339 g/mol. The molecular formula is C22H21FN4. The molecule has 1 aliphatic heterocycles. The van der Waals surface area contributed by atoms with Crippen molar-refractivity contribution >= 4 is 21.9 Å². The van der Waals surface area contributed by atoms with Crippen LogP contribution in [0.5, 0.6) is 0 Å². The highest BCUT2D eigenvalue weighted by atomic mass is 19.1. The predicted octanol–water partition coefficient (Wildman–Crippen LogP) is 4.63. The number of benzene rings is 2. The number of aromatic nitrogens is 3. The second-order valence-electron chi connectivity index (χ2n) is 7.31. The zero-order chi connectivity index (χ0) is 18.2. The Bertz CT molecular complexity index is 1060. The number of para-hydroxylation sites is 2. The Morgan fingerprint density at radius 2 is 1.89 bits per heavy atom. The Morgan fingerprint density at radius 1 is 1.04 bits per heavy atom. The van der Waals surface area contributed by atoms with E-state index >= 15 is 0 Å². The highest BCUT2D eigenvalue weighted by Crippen LogP contribution is 2.33. The van der Waals surface area contributed by atoms with Crippen LogP contribution < -0.4 is 0 Å². The molecule has 5 heteroatoms. The molecule has 0 amide bonds. The third-order valence-electron chi connectivity index (χ3n) is 5.58. The van der Waals surface area contributed by atoms with Crippen molar-refractivity contribution in [3.8, 4) is 0 Å². The van der Waals surface area contributed by atoms with Gasteiger partial charge in [0.05, 0.1) is 23.1 Å². The van der Waals surface area contributed by atoms with Gasteiger partial charge in [0.15, 0.2) is 0 Å². The standard InChI is InChI=1S/C22H21FN4/c23-16-5-6-19-18(13-16)17(7-10-24-19)15-8-11-27(12-9-15)14-22-25-20-3-1-2-4-21(20)26-22/h1-7,10,13,15H,8-9,11-12,14H2,(H,25,26). The average Bonchev–Trinajstić information content (AvgIpc) is 3.10. The molecule has 136 valence electrons. The van der Waals surface area contributed by atoms with E-state index in [1.165, 1.54) is 11.6 Å². The minimum atomic E-state index is -0.195. The molecule has 0 aliphatic carbocycles. The lowest BCUT2D eigenvalue weighted by Crippen LogP contribution is -2.32. The molecule has 3 heterocycles. The first-order valence-corrected chi connectivity index (χ1v) is 9.46. The van der Waals surface area contributed by atoms with E-state index in [4.69, 9.17) is 0 Å². The third kappa shape index (κ3) is 3.19. The second kappa shape index (κ2) is 6.74. The van der Waals surface area contributed by atoms with Crippen molar-refractivity contribution in [2.45, 2.75) is 25.3 Å². The molecule has 2 aromatic heterocycles. The smallest absolute Gasteiger partial charge is 0.123 e. The van der Waals surface area contributed by atoms with E-state index in [2.05, 4.69) is 32.0 Å². The topological polar surface area (TPSA) is 44.8 Å². The van der Waals surface area contributed by atoms with E-state index in [0.717, 1.165) is 60.2 Å². The van der Waals surface area contributed by atoms with Gasteiger partial charge in [-0.2, -0.15) is 0 Å². The van der Waals surface area contributed by atoms with Crippen molar-refractivity contribution < 1.29 is 4.39 Å². The van der Waals surface area contributed by atoms with Gasteiger partial charge in [0.1, 0.15) is 11.6 Å². The van der Waals surface area contributed by atoms with Crippen LogP contribution in [-0.2, 0) is 6.54 Å². The Morgan fingerprint density at radius 3 is 2.74 bits per heavy atom. The number of piperidine rings is 1.